The number of alkyl carbamates (subject to hydrolysis) is 2. The molecule has 0 saturated heterocycles. The van der Waals surface area contributed by atoms with Gasteiger partial charge in [0.25, 0.3) is 0 Å². The molecule has 0 saturated carbocycles. The van der Waals surface area contributed by atoms with Crippen molar-refractivity contribution in [2.24, 2.45) is 0 Å². The average Bonchev–Trinajstić information content (AvgIpc) is 2.89. The van der Waals surface area contributed by atoms with Gasteiger partial charge in [0.15, 0.2) is 0 Å². The summed E-state index contributed by atoms with van der Waals surface area (Å²) in [7, 11) is -0.193. The number of benzene rings is 2. The number of methoxy groups -OCH3 is 1. The van der Waals surface area contributed by atoms with Crippen LogP contribution in [0.2, 0.25) is 25.7 Å². The first-order chi connectivity index (χ1) is 19.6. The summed E-state index contributed by atoms with van der Waals surface area (Å²) in [5.41, 5.74) is 1.48. The number of esters is 2. The second kappa shape index (κ2) is 16.0. The lowest BCUT2D eigenvalue weighted by Gasteiger charge is -2.24. The first kappa shape index (κ1) is 34.3. The number of nitrogens with one attached hydrogen (secondary N) is 2. The van der Waals surface area contributed by atoms with Gasteiger partial charge in [0.05, 0.1) is 13.7 Å². The number of amides is 2. The Morgan fingerprint density at radius 1 is 0.762 bits per heavy atom. The molecule has 0 bridgehead atoms. The maximum Gasteiger partial charge on any atom is 0.408 e. The molecule has 42 heavy (non-hydrogen) atoms. The second-order valence-corrected chi connectivity index (χ2v) is 17.8. The van der Waals surface area contributed by atoms with Crippen molar-refractivity contribution in [1.82, 2.24) is 10.6 Å². The standard InChI is InChI=1S/C31H44N2O8Si/c1-31(2,3)41-30(37)33-26(28(35)39-16-17-42(5,6)7)20-24-15-11-14-23(18-24)19-25(27(34)38-4)32-29(36)40-21-22-12-9-8-10-13-22/h8-15,18,25-26H,16-17,19-21H2,1-7H3,(H,32,36)(H,33,37)/t25-,26-/m0/s1. The summed E-state index contributed by atoms with van der Waals surface area (Å²) in [6.45, 7) is 12.1. The fourth-order valence-corrected chi connectivity index (χ4v) is 4.51. The Bertz CT molecular complexity index is 1190. The summed E-state index contributed by atoms with van der Waals surface area (Å²) in [5.74, 6) is -1.19. The van der Waals surface area contributed by atoms with E-state index in [2.05, 4.69) is 30.3 Å². The molecule has 0 aliphatic carbocycles. The topological polar surface area (TPSA) is 129 Å². The molecule has 2 N–H and O–H groups in total. The molecular formula is C31H44N2O8Si. The Balaban J connectivity index is 2.13. The Morgan fingerprint density at radius 3 is 1.86 bits per heavy atom. The van der Waals surface area contributed by atoms with Crippen molar-refractivity contribution in [3.8, 4) is 0 Å². The first-order valence-electron chi connectivity index (χ1n) is 13.9. The van der Waals surface area contributed by atoms with E-state index < -0.39 is 49.9 Å². The van der Waals surface area contributed by atoms with Gasteiger partial charge >= 0.3 is 24.1 Å². The van der Waals surface area contributed by atoms with Crippen LogP contribution in [0.4, 0.5) is 9.59 Å². The fourth-order valence-electron chi connectivity index (χ4n) is 3.80. The molecule has 2 aromatic carbocycles. The highest BCUT2D eigenvalue weighted by atomic mass is 28.3. The van der Waals surface area contributed by atoms with E-state index >= 15 is 0 Å². The van der Waals surface area contributed by atoms with Crippen LogP contribution in [0.15, 0.2) is 54.6 Å². The van der Waals surface area contributed by atoms with Crippen molar-refractivity contribution in [2.45, 2.75) is 83.6 Å². The van der Waals surface area contributed by atoms with Gasteiger partial charge < -0.3 is 29.6 Å². The Labute approximate surface area is 249 Å². The molecule has 0 aliphatic rings. The number of ether oxygens (including phenoxy) is 4. The molecule has 2 aromatic rings. The van der Waals surface area contributed by atoms with Gasteiger partial charge in [-0.1, -0.05) is 74.2 Å². The summed E-state index contributed by atoms with van der Waals surface area (Å²) in [5, 5.41) is 5.21. The minimum Gasteiger partial charge on any atom is -0.467 e. The smallest absolute Gasteiger partial charge is 0.408 e. The zero-order valence-electron chi connectivity index (χ0n) is 25.7. The van der Waals surface area contributed by atoms with Gasteiger partial charge in [-0.3, -0.25) is 0 Å². The number of hydrogen-bond donors (Lipinski definition) is 2. The van der Waals surface area contributed by atoms with Crippen LogP contribution in [0.1, 0.15) is 37.5 Å². The predicted molar refractivity (Wildman–Crippen MR) is 162 cm³/mol. The minimum absolute atomic E-state index is 0.0517. The van der Waals surface area contributed by atoms with Crippen molar-refractivity contribution in [1.29, 1.82) is 0 Å². The maximum absolute atomic E-state index is 13.0. The van der Waals surface area contributed by atoms with Crippen LogP contribution in [0, 0.1) is 0 Å². The molecular weight excluding hydrogens is 556 g/mol. The molecule has 230 valence electrons. The summed E-state index contributed by atoms with van der Waals surface area (Å²) in [4.78, 5) is 50.4. The Kier molecular flexibility index (Phi) is 13.0. The monoisotopic (exact) mass is 600 g/mol. The van der Waals surface area contributed by atoms with Crippen molar-refractivity contribution < 1.29 is 38.1 Å². The fraction of sp³-hybridized carbons (Fsp3) is 0.484. The second-order valence-electron chi connectivity index (χ2n) is 12.2. The van der Waals surface area contributed by atoms with Gasteiger partial charge in [-0.15, -0.1) is 0 Å². The van der Waals surface area contributed by atoms with E-state index in [1.165, 1.54) is 7.11 Å². The van der Waals surface area contributed by atoms with Gasteiger partial charge in [-0.25, -0.2) is 19.2 Å². The van der Waals surface area contributed by atoms with Gasteiger partial charge in [0.2, 0.25) is 0 Å². The van der Waals surface area contributed by atoms with E-state index in [1.807, 2.05) is 30.3 Å². The van der Waals surface area contributed by atoms with Gasteiger partial charge in [0.1, 0.15) is 24.3 Å². The lowest BCUT2D eigenvalue weighted by molar-refractivity contribution is -0.145. The lowest BCUT2D eigenvalue weighted by atomic mass is 9.99. The molecule has 0 heterocycles. The SMILES string of the molecule is COC(=O)[C@H](Cc1cccc(C[C@H](NC(=O)OC(C)(C)C)C(=O)OCC[Si](C)(C)C)c1)NC(=O)OCc1ccccc1. The highest BCUT2D eigenvalue weighted by molar-refractivity contribution is 6.76. The van der Waals surface area contributed by atoms with E-state index in [0.717, 1.165) is 11.6 Å². The molecule has 0 aromatic heterocycles. The summed E-state index contributed by atoms with van der Waals surface area (Å²) >= 11 is 0. The van der Waals surface area contributed by atoms with Crippen LogP contribution in [-0.2, 0) is 48.0 Å². The van der Waals surface area contributed by atoms with Crippen LogP contribution in [0.3, 0.4) is 0 Å². The molecule has 10 nitrogen and oxygen atoms in total. The van der Waals surface area contributed by atoms with Crippen molar-refractivity contribution in [3.63, 3.8) is 0 Å². The number of carbonyl (C=O) groups is 4. The van der Waals surface area contributed by atoms with Gasteiger partial charge in [-0.2, -0.15) is 0 Å². The van der Waals surface area contributed by atoms with E-state index in [4.69, 9.17) is 18.9 Å². The zero-order chi connectivity index (χ0) is 31.3. The van der Waals surface area contributed by atoms with Crippen LogP contribution in [0.25, 0.3) is 0 Å². The summed E-state index contributed by atoms with van der Waals surface area (Å²) in [6.07, 6.45) is -1.23. The third-order valence-corrected chi connectivity index (χ3v) is 7.64. The molecule has 0 spiro atoms. The minimum atomic E-state index is -1.43. The van der Waals surface area contributed by atoms with Crippen LogP contribution >= 0.6 is 0 Å². The van der Waals surface area contributed by atoms with E-state index in [1.54, 1.807) is 45.0 Å². The average molecular weight is 601 g/mol. The Hall–Kier alpha value is -3.86. The number of hydrogen-bond acceptors (Lipinski definition) is 8. The molecule has 11 heteroatoms. The number of carbonyl (C=O) groups excluding carboxylic acids is 4. The normalized spacial score (nSPS) is 12.8. The van der Waals surface area contributed by atoms with Gasteiger partial charge in [-0.05, 0) is 43.5 Å². The molecule has 0 aliphatic heterocycles. The zero-order valence-corrected chi connectivity index (χ0v) is 26.7. The quantitative estimate of drug-likeness (QED) is 0.186. The van der Waals surface area contributed by atoms with Crippen LogP contribution < -0.4 is 10.6 Å². The molecule has 2 amide bonds. The van der Waals surface area contributed by atoms with E-state index in [-0.39, 0.29) is 26.1 Å². The first-order valence-corrected chi connectivity index (χ1v) is 17.6. The summed E-state index contributed by atoms with van der Waals surface area (Å²) in [6, 6.07) is 15.1. The van der Waals surface area contributed by atoms with Crippen molar-refractivity contribution >= 4 is 32.2 Å². The van der Waals surface area contributed by atoms with Crippen molar-refractivity contribution in [3.05, 3.63) is 71.3 Å². The van der Waals surface area contributed by atoms with Gasteiger partial charge in [0, 0.05) is 20.9 Å². The highest BCUT2D eigenvalue weighted by Crippen LogP contribution is 2.14. The Morgan fingerprint density at radius 2 is 1.31 bits per heavy atom. The van der Waals surface area contributed by atoms with Crippen LogP contribution in [-0.4, -0.2) is 63.6 Å². The molecule has 0 radical (unpaired) electrons. The van der Waals surface area contributed by atoms with Crippen molar-refractivity contribution in [2.75, 3.05) is 13.7 Å². The van der Waals surface area contributed by atoms with E-state index in [0.29, 0.717) is 11.1 Å². The molecule has 2 rings (SSSR count). The third kappa shape index (κ3) is 13.7. The molecule has 2 atom stereocenters. The maximum atomic E-state index is 13.0. The largest absolute Gasteiger partial charge is 0.467 e. The predicted octanol–water partition coefficient (Wildman–Crippen LogP) is 5.01. The lowest BCUT2D eigenvalue weighted by Crippen LogP contribution is -2.45. The third-order valence-electron chi connectivity index (χ3n) is 5.93. The molecule has 0 fully saturated rings. The highest BCUT2D eigenvalue weighted by Gasteiger charge is 2.27. The van der Waals surface area contributed by atoms with E-state index in [9.17, 15) is 19.2 Å². The number of rotatable bonds is 13. The summed E-state index contributed by atoms with van der Waals surface area (Å²) < 4.78 is 21.0. The molecule has 0 unspecified atom stereocenters. The van der Waals surface area contributed by atoms with Crippen LogP contribution in [0.5, 0.6) is 0 Å².